The Hall–Kier alpha value is -1.42. The van der Waals surface area contributed by atoms with Gasteiger partial charge in [0.25, 0.3) is 0 Å². The zero-order valence-corrected chi connectivity index (χ0v) is 15.3. The third-order valence-corrected chi connectivity index (χ3v) is 6.00. The molecule has 2 aliphatic rings. The van der Waals surface area contributed by atoms with Crippen LogP contribution in [0.3, 0.4) is 0 Å². The van der Waals surface area contributed by atoms with E-state index in [9.17, 15) is 14.3 Å². The van der Waals surface area contributed by atoms with Crippen LogP contribution in [-0.2, 0) is 11.2 Å². The van der Waals surface area contributed by atoms with Crippen molar-refractivity contribution in [3.63, 3.8) is 0 Å². The summed E-state index contributed by atoms with van der Waals surface area (Å²) in [5.41, 5.74) is 0.944. The fourth-order valence-electron chi connectivity index (χ4n) is 4.47. The molecule has 138 valence electrons. The lowest BCUT2D eigenvalue weighted by Crippen LogP contribution is -2.36. The second-order valence-electron chi connectivity index (χ2n) is 7.64. The number of carbonyl (C=O) groups excluding carboxylic acids is 1. The Kier molecular flexibility index (Phi) is 5.78. The van der Waals surface area contributed by atoms with Gasteiger partial charge in [0.05, 0.1) is 11.7 Å². The van der Waals surface area contributed by atoms with Gasteiger partial charge in [-0.3, -0.25) is 0 Å². The summed E-state index contributed by atoms with van der Waals surface area (Å²) in [4.78, 5) is 12.4. The van der Waals surface area contributed by atoms with E-state index in [1.807, 2.05) is 0 Å². The lowest BCUT2D eigenvalue weighted by molar-refractivity contribution is -0.00100. The zero-order valence-electron chi connectivity index (χ0n) is 15.3. The fraction of sp³-hybridized carbons (Fsp3) is 0.667. The maximum atomic E-state index is 14.7. The fourth-order valence-corrected chi connectivity index (χ4v) is 4.47. The predicted octanol–water partition coefficient (Wildman–Crippen LogP) is 4.96. The van der Waals surface area contributed by atoms with Crippen molar-refractivity contribution >= 4 is 5.97 Å². The van der Waals surface area contributed by atoms with Gasteiger partial charge in [-0.15, -0.1) is 0 Å². The number of aliphatic hydroxyl groups is 1. The van der Waals surface area contributed by atoms with Gasteiger partial charge in [0.1, 0.15) is 11.9 Å². The van der Waals surface area contributed by atoms with Gasteiger partial charge in [-0.05, 0) is 36.7 Å². The first kappa shape index (κ1) is 18.4. The monoisotopic (exact) mass is 348 g/mol. The summed E-state index contributed by atoms with van der Waals surface area (Å²) in [7, 11) is 0. The number of ether oxygens (including phenoxy) is 1. The summed E-state index contributed by atoms with van der Waals surface area (Å²) in [5, 5.41) is 9.93. The highest BCUT2D eigenvalue weighted by Crippen LogP contribution is 2.38. The van der Waals surface area contributed by atoms with E-state index in [-0.39, 0.29) is 17.2 Å². The topological polar surface area (TPSA) is 46.5 Å². The van der Waals surface area contributed by atoms with E-state index in [1.54, 1.807) is 19.1 Å². The second-order valence-corrected chi connectivity index (χ2v) is 7.64. The number of fused-ring (bicyclic) bond motifs is 1. The lowest BCUT2D eigenvalue weighted by atomic mass is 9.76. The minimum Gasteiger partial charge on any atom is -0.458 e. The van der Waals surface area contributed by atoms with Gasteiger partial charge in [0.2, 0.25) is 0 Å². The van der Waals surface area contributed by atoms with Gasteiger partial charge < -0.3 is 9.84 Å². The van der Waals surface area contributed by atoms with Crippen molar-refractivity contribution < 1.29 is 19.0 Å². The molecule has 0 aromatic heterocycles. The van der Waals surface area contributed by atoms with E-state index in [0.29, 0.717) is 18.8 Å². The molecule has 25 heavy (non-hydrogen) atoms. The van der Waals surface area contributed by atoms with E-state index >= 15 is 0 Å². The summed E-state index contributed by atoms with van der Waals surface area (Å²) in [6.45, 7) is 4.01. The molecule has 3 nitrogen and oxygen atoms in total. The van der Waals surface area contributed by atoms with Crippen LogP contribution in [-0.4, -0.2) is 17.2 Å². The molecule has 4 heteroatoms. The van der Waals surface area contributed by atoms with Crippen molar-refractivity contribution in [2.24, 2.45) is 11.8 Å². The Morgan fingerprint density at radius 2 is 1.96 bits per heavy atom. The Labute approximate surface area is 149 Å². The quantitative estimate of drug-likeness (QED) is 0.765. The third kappa shape index (κ3) is 3.74. The van der Waals surface area contributed by atoms with Crippen LogP contribution in [0.2, 0.25) is 0 Å². The number of cyclic esters (lactones) is 1. The van der Waals surface area contributed by atoms with Crippen LogP contribution in [0.5, 0.6) is 0 Å². The molecule has 1 aliphatic carbocycles. The largest absolute Gasteiger partial charge is 0.458 e. The van der Waals surface area contributed by atoms with Crippen LogP contribution < -0.4 is 0 Å². The average molecular weight is 348 g/mol. The van der Waals surface area contributed by atoms with Crippen LogP contribution in [0.25, 0.3) is 0 Å². The van der Waals surface area contributed by atoms with Crippen molar-refractivity contribution in [3.05, 3.63) is 34.6 Å². The van der Waals surface area contributed by atoms with Crippen molar-refractivity contribution in [1.29, 1.82) is 0 Å². The standard InChI is InChI=1S/C21H29FO3/c1-3-5-13-6-8-14(9-7-13)18-12-15-10-11-16(17(23)4-2)20(22)19(15)21(24)25-18/h10-11,13-14,17-18,23H,3-9,12H2,1-2H3. The molecule has 1 aromatic carbocycles. The summed E-state index contributed by atoms with van der Waals surface area (Å²) < 4.78 is 20.3. The van der Waals surface area contributed by atoms with Crippen molar-refractivity contribution in [3.8, 4) is 0 Å². The Morgan fingerprint density at radius 3 is 2.60 bits per heavy atom. The molecule has 2 unspecified atom stereocenters. The number of hydrogen-bond acceptors (Lipinski definition) is 3. The van der Waals surface area contributed by atoms with E-state index in [0.717, 1.165) is 24.3 Å². The molecule has 0 bridgehead atoms. The first-order chi connectivity index (χ1) is 12.0. The van der Waals surface area contributed by atoms with E-state index in [1.165, 1.54) is 25.7 Å². The number of rotatable bonds is 5. The van der Waals surface area contributed by atoms with Crippen LogP contribution in [0.1, 0.15) is 86.4 Å². The SMILES string of the molecule is CCCC1CCC(C2Cc3ccc(C(O)CC)c(F)c3C(=O)O2)CC1. The van der Waals surface area contributed by atoms with Gasteiger partial charge in [0.15, 0.2) is 0 Å². The van der Waals surface area contributed by atoms with Crippen molar-refractivity contribution in [2.75, 3.05) is 0 Å². The Morgan fingerprint density at radius 1 is 1.24 bits per heavy atom. The lowest BCUT2D eigenvalue weighted by Gasteiger charge is -2.36. The molecule has 1 aromatic rings. The maximum Gasteiger partial charge on any atom is 0.341 e. The van der Waals surface area contributed by atoms with Crippen LogP contribution in [0.15, 0.2) is 12.1 Å². The zero-order chi connectivity index (χ0) is 18.0. The Bertz CT molecular complexity index is 620. The summed E-state index contributed by atoms with van der Waals surface area (Å²) >= 11 is 0. The van der Waals surface area contributed by atoms with Gasteiger partial charge >= 0.3 is 5.97 Å². The van der Waals surface area contributed by atoms with Gasteiger partial charge in [-0.25, -0.2) is 9.18 Å². The molecular formula is C21H29FO3. The second kappa shape index (κ2) is 7.86. The van der Waals surface area contributed by atoms with E-state index in [4.69, 9.17) is 4.74 Å². The molecule has 0 radical (unpaired) electrons. The van der Waals surface area contributed by atoms with E-state index < -0.39 is 17.9 Å². The first-order valence-corrected chi connectivity index (χ1v) is 9.75. The summed E-state index contributed by atoms with van der Waals surface area (Å²) in [5.74, 6) is 0.0177. The number of esters is 1. The Balaban J connectivity index is 1.74. The van der Waals surface area contributed by atoms with E-state index in [2.05, 4.69) is 6.92 Å². The summed E-state index contributed by atoms with van der Waals surface area (Å²) in [6.07, 6.45) is 7.08. The smallest absolute Gasteiger partial charge is 0.341 e. The number of aliphatic hydroxyl groups excluding tert-OH is 1. The average Bonchev–Trinajstić information content (AvgIpc) is 2.62. The normalized spacial score (nSPS) is 27.5. The predicted molar refractivity (Wildman–Crippen MR) is 94.9 cm³/mol. The molecule has 1 fully saturated rings. The highest BCUT2D eigenvalue weighted by atomic mass is 19.1. The molecule has 0 amide bonds. The number of benzene rings is 1. The minimum absolute atomic E-state index is 0.0286. The molecule has 3 rings (SSSR count). The van der Waals surface area contributed by atoms with Crippen molar-refractivity contribution in [2.45, 2.75) is 77.4 Å². The van der Waals surface area contributed by atoms with Gasteiger partial charge in [0, 0.05) is 12.0 Å². The van der Waals surface area contributed by atoms with Gasteiger partial charge in [-0.1, -0.05) is 51.7 Å². The number of halogens is 1. The highest BCUT2D eigenvalue weighted by molar-refractivity contribution is 5.92. The number of carbonyl (C=O) groups is 1. The maximum absolute atomic E-state index is 14.7. The van der Waals surface area contributed by atoms with Crippen LogP contribution >= 0.6 is 0 Å². The van der Waals surface area contributed by atoms with Crippen LogP contribution in [0, 0.1) is 17.7 Å². The highest BCUT2D eigenvalue weighted by Gasteiger charge is 2.36. The summed E-state index contributed by atoms with van der Waals surface area (Å²) in [6, 6.07) is 3.42. The molecule has 1 heterocycles. The molecule has 1 saturated carbocycles. The van der Waals surface area contributed by atoms with Crippen LogP contribution in [0.4, 0.5) is 4.39 Å². The molecular weight excluding hydrogens is 319 g/mol. The van der Waals surface area contributed by atoms with Gasteiger partial charge in [-0.2, -0.15) is 0 Å². The molecule has 2 atom stereocenters. The third-order valence-electron chi connectivity index (χ3n) is 6.00. The molecule has 1 aliphatic heterocycles. The molecule has 0 spiro atoms. The first-order valence-electron chi connectivity index (χ1n) is 9.75. The minimum atomic E-state index is -0.885. The number of hydrogen-bond donors (Lipinski definition) is 1. The molecule has 0 saturated heterocycles. The van der Waals surface area contributed by atoms with Crippen molar-refractivity contribution in [1.82, 2.24) is 0 Å². The molecule has 1 N–H and O–H groups in total.